The second kappa shape index (κ2) is 8.67. The van der Waals surface area contributed by atoms with Crippen molar-refractivity contribution in [3.8, 4) is 0 Å². The van der Waals surface area contributed by atoms with E-state index < -0.39 is 0 Å². The molecule has 2 heterocycles. The van der Waals surface area contributed by atoms with E-state index in [2.05, 4.69) is 44.2 Å². The van der Waals surface area contributed by atoms with Crippen LogP contribution in [-0.4, -0.2) is 57.8 Å². The molecule has 7 nitrogen and oxygen atoms in total. The third-order valence-corrected chi connectivity index (χ3v) is 4.22. The number of aliphatic imine (C=N–C) groups is 1. The van der Waals surface area contributed by atoms with Crippen molar-refractivity contribution in [1.29, 1.82) is 0 Å². The van der Waals surface area contributed by atoms with Crippen LogP contribution in [0, 0.1) is 6.92 Å². The average Bonchev–Trinajstić information content (AvgIpc) is 2.87. The molecular weight excluding hydrogens is 290 g/mol. The number of aromatic nitrogens is 3. The molecule has 0 aliphatic carbocycles. The van der Waals surface area contributed by atoms with Crippen molar-refractivity contribution >= 4 is 5.96 Å². The van der Waals surface area contributed by atoms with Gasteiger partial charge in [-0.2, -0.15) is 0 Å². The van der Waals surface area contributed by atoms with Gasteiger partial charge in [-0.15, -0.1) is 16.8 Å². The lowest BCUT2D eigenvalue weighted by atomic mass is 10.1. The molecule has 0 unspecified atom stereocenters. The van der Waals surface area contributed by atoms with Gasteiger partial charge >= 0.3 is 0 Å². The summed E-state index contributed by atoms with van der Waals surface area (Å²) in [5, 5.41) is 15.1. The smallest absolute Gasteiger partial charge is 0.191 e. The summed E-state index contributed by atoms with van der Waals surface area (Å²) < 4.78 is 1.97. The molecule has 0 spiro atoms. The van der Waals surface area contributed by atoms with Crippen molar-refractivity contribution in [3.63, 3.8) is 0 Å². The first-order valence-electron chi connectivity index (χ1n) is 8.37. The van der Waals surface area contributed by atoms with Gasteiger partial charge in [0.25, 0.3) is 0 Å². The van der Waals surface area contributed by atoms with E-state index in [0.717, 1.165) is 56.6 Å². The summed E-state index contributed by atoms with van der Waals surface area (Å²) >= 11 is 0. The van der Waals surface area contributed by atoms with E-state index in [1.807, 2.05) is 24.6 Å². The van der Waals surface area contributed by atoms with Gasteiger partial charge in [0, 0.05) is 39.3 Å². The maximum absolute atomic E-state index is 4.65. The summed E-state index contributed by atoms with van der Waals surface area (Å²) in [7, 11) is 1.97. The van der Waals surface area contributed by atoms with Crippen molar-refractivity contribution in [2.75, 3.05) is 26.2 Å². The largest absolute Gasteiger partial charge is 0.357 e. The Bertz CT molecular complexity index is 527. The molecule has 0 saturated carbocycles. The molecule has 1 aromatic heterocycles. The zero-order chi connectivity index (χ0) is 16.7. The molecule has 0 bridgehead atoms. The van der Waals surface area contributed by atoms with Crippen LogP contribution in [0.4, 0.5) is 0 Å². The SMILES string of the molecule is C=CCN1CCC(NC(=NCc2nnc(C)n2C)NCC)CC1. The van der Waals surface area contributed by atoms with E-state index in [-0.39, 0.29) is 0 Å². The number of guanidine groups is 1. The number of hydrogen-bond acceptors (Lipinski definition) is 4. The van der Waals surface area contributed by atoms with Gasteiger partial charge in [0.05, 0.1) is 0 Å². The van der Waals surface area contributed by atoms with Crippen LogP contribution in [0.3, 0.4) is 0 Å². The lowest BCUT2D eigenvalue weighted by Crippen LogP contribution is -2.48. The van der Waals surface area contributed by atoms with Crippen LogP contribution in [-0.2, 0) is 13.6 Å². The quantitative estimate of drug-likeness (QED) is 0.462. The Morgan fingerprint density at radius 3 is 2.70 bits per heavy atom. The number of piperidine rings is 1. The van der Waals surface area contributed by atoms with Gasteiger partial charge in [0.1, 0.15) is 12.4 Å². The zero-order valence-electron chi connectivity index (χ0n) is 14.5. The molecule has 1 aromatic rings. The second-order valence-corrected chi connectivity index (χ2v) is 5.93. The molecule has 0 aromatic carbocycles. The first-order chi connectivity index (χ1) is 11.1. The average molecular weight is 319 g/mol. The molecule has 2 N–H and O–H groups in total. The summed E-state index contributed by atoms with van der Waals surface area (Å²) in [6.07, 6.45) is 4.23. The van der Waals surface area contributed by atoms with Crippen LogP contribution in [0.5, 0.6) is 0 Å². The van der Waals surface area contributed by atoms with Crippen molar-refractivity contribution < 1.29 is 0 Å². The van der Waals surface area contributed by atoms with Gasteiger partial charge in [0.15, 0.2) is 11.8 Å². The highest BCUT2D eigenvalue weighted by atomic mass is 15.3. The molecule has 0 amide bonds. The minimum atomic E-state index is 0.468. The standard InChI is InChI=1S/C16H29N7/c1-5-9-23-10-7-14(8-11-23)19-16(17-6-2)18-12-15-21-20-13(3)22(15)4/h5,14H,1,6-12H2,2-4H3,(H2,17,18,19). The summed E-state index contributed by atoms with van der Waals surface area (Å²) in [5.41, 5.74) is 0. The van der Waals surface area contributed by atoms with E-state index in [9.17, 15) is 0 Å². The van der Waals surface area contributed by atoms with Gasteiger partial charge in [-0.25, -0.2) is 4.99 Å². The van der Waals surface area contributed by atoms with E-state index in [1.54, 1.807) is 0 Å². The number of nitrogens with zero attached hydrogens (tertiary/aromatic N) is 5. The van der Waals surface area contributed by atoms with Crippen LogP contribution < -0.4 is 10.6 Å². The fourth-order valence-electron chi connectivity index (χ4n) is 2.69. The van der Waals surface area contributed by atoms with Gasteiger partial charge in [-0.1, -0.05) is 6.08 Å². The summed E-state index contributed by atoms with van der Waals surface area (Å²) in [4.78, 5) is 7.08. The lowest BCUT2D eigenvalue weighted by molar-refractivity contribution is 0.225. The number of hydrogen-bond donors (Lipinski definition) is 2. The maximum Gasteiger partial charge on any atom is 0.191 e. The number of nitrogens with one attached hydrogen (secondary N) is 2. The van der Waals surface area contributed by atoms with Crippen molar-refractivity contribution in [2.24, 2.45) is 12.0 Å². The number of aryl methyl sites for hydroxylation is 1. The highest BCUT2D eigenvalue weighted by Crippen LogP contribution is 2.10. The predicted octanol–water partition coefficient (Wildman–Crippen LogP) is 0.829. The molecular formula is C16H29N7. The topological polar surface area (TPSA) is 70.4 Å². The maximum atomic E-state index is 4.65. The zero-order valence-corrected chi connectivity index (χ0v) is 14.5. The van der Waals surface area contributed by atoms with E-state index in [0.29, 0.717) is 12.6 Å². The molecule has 0 atom stereocenters. The molecule has 128 valence electrons. The van der Waals surface area contributed by atoms with Crippen LogP contribution in [0.15, 0.2) is 17.6 Å². The van der Waals surface area contributed by atoms with E-state index in [4.69, 9.17) is 0 Å². The Morgan fingerprint density at radius 1 is 1.39 bits per heavy atom. The van der Waals surface area contributed by atoms with Crippen LogP contribution >= 0.6 is 0 Å². The van der Waals surface area contributed by atoms with E-state index >= 15 is 0 Å². The first-order valence-corrected chi connectivity index (χ1v) is 8.37. The Balaban J connectivity index is 1.89. The fraction of sp³-hybridized carbons (Fsp3) is 0.688. The summed E-state index contributed by atoms with van der Waals surface area (Å²) in [6.45, 7) is 12.4. The first kappa shape index (κ1) is 17.5. The van der Waals surface area contributed by atoms with E-state index in [1.165, 1.54) is 0 Å². The van der Waals surface area contributed by atoms with Gasteiger partial charge in [0.2, 0.25) is 0 Å². The predicted molar refractivity (Wildman–Crippen MR) is 93.4 cm³/mol. The third-order valence-electron chi connectivity index (χ3n) is 4.22. The number of likely N-dealkylation sites (tertiary alicyclic amines) is 1. The summed E-state index contributed by atoms with van der Waals surface area (Å²) in [6, 6.07) is 0.468. The third kappa shape index (κ3) is 5.06. The Morgan fingerprint density at radius 2 is 2.13 bits per heavy atom. The molecule has 7 heteroatoms. The van der Waals surface area contributed by atoms with Crippen LogP contribution in [0.25, 0.3) is 0 Å². The molecule has 1 aliphatic rings. The normalized spacial score (nSPS) is 17.3. The van der Waals surface area contributed by atoms with Gasteiger partial charge < -0.3 is 15.2 Å². The Hall–Kier alpha value is -1.89. The van der Waals surface area contributed by atoms with Crippen LogP contribution in [0.2, 0.25) is 0 Å². The minimum Gasteiger partial charge on any atom is -0.357 e. The summed E-state index contributed by atoms with van der Waals surface area (Å²) in [5.74, 6) is 2.64. The molecule has 23 heavy (non-hydrogen) atoms. The number of rotatable bonds is 6. The molecule has 0 radical (unpaired) electrons. The Kier molecular flexibility index (Phi) is 6.58. The van der Waals surface area contributed by atoms with Crippen molar-refractivity contribution in [1.82, 2.24) is 30.3 Å². The lowest BCUT2D eigenvalue weighted by Gasteiger charge is -2.32. The second-order valence-electron chi connectivity index (χ2n) is 5.93. The Labute approximate surface area is 138 Å². The minimum absolute atomic E-state index is 0.468. The highest BCUT2D eigenvalue weighted by molar-refractivity contribution is 5.80. The molecule has 1 fully saturated rings. The fourth-order valence-corrected chi connectivity index (χ4v) is 2.69. The van der Waals surface area contributed by atoms with Gasteiger partial charge in [-0.3, -0.25) is 4.90 Å². The van der Waals surface area contributed by atoms with Crippen molar-refractivity contribution in [2.45, 2.75) is 39.3 Å². The highest BCUT2D eigenvalue weighted by Gasteiger charge is 2.19. The molecule has 2 rings (SSSR count). The van der Waals surface area contributed by atoms with Gasteiger partial charge in [-0.05, 0) is 26.7 Å². The van der Waals surface area contributed by atoms with Crippen molar-refractivity contribution in [3.05, 3.63) is 24.3 Å². The molecule has 1 saturated heterocycles. The molecule has 1 aliphatic heterocycles. The monoisotopic (exact) mass is 319 g/mol. The van der Waals surface area contributed by atoms with Crippen LogP contribution in [0.1, 0.15) is 31.4 Å².